The SMILES string of the molecule is Cn1ncc(C(=O)N2CCC2)c1C(=O)Nc1ccn(CC2CC2)n1. The molecular weight excluding hydrogens is 308 g/mol. The van der Waals surface area contributed by atoms with Gasteiger partial charge in [-0.25, -0.2) is 0 Å². The normalized spacial score (nSPS) is 16.8. The Kier molecular flexibility index (Phi) is 3.59. The van der Waals surface area contributed by atoms with Crippen LogP contribution in [0.1, 0.15) is 40.1 Å². The predicted octanol–water partition coefficient (Wildman–Crippen LogP) is 1.12. The van der Waals surface area contributed by atoms with Crippen LogP contribution in [0.5, 0.6) is 0 Å². The molecule has 8 heteroatoms. The highest BCUT2D eigenvalue weighted by Crippen LogP contribution is 2.30. The summed E-state index contributed by atoms with van der Waals surface area (Å²) >= 11 is 0. The van der Waals surface area contributed by atoms with E-state index in [0.29, 0.717) is 17.3 Å². The maximum Gasteiger partial charge on any atom is 0.275 e. The number of aromatic nitrogens is 4. The molecule has 2 fully saturated rings. The molecule has 0 aromatic carbocycles. The lowest BCUT2D eigenvalue weighted by molar-refractivity contribution is 0.0648. The van der Waals surface area contributed by atoms with Gasteiger partial charge in [-0.05, 0) is 25.2 Å². The highest BCUT2D eigenvalue weighted by Gasteiger charge is 2.29. The highest BCUT2D eigenvalue weighted by atomic mass is 16.2. The van der Waals surface area contributed by atoms with Gasteiger partial charge in [-0.3, -0.25) is 19.0 Å². The van der Waals surface area contributed by atoms with E-state index in [1.807, 2.05) is 10.9 Å². The zero-order chi connectivity index (χ0) is 16.7. The Morgan fingerprint density at radius 1 is 1.33 bits per heavy atom. The topological polar surface area (TPSA) is 85.0 Å². The fourth-order valence-corrected chi connectivity index (χ4v) is 2.82. The van der Waals surface area contributed by atoms with Crippen molar-refractivity contribution in [1.29, 1.82) is 0 Å². The van der Waals surface area contributed by atoms with Crippen molar-refractivity contribution >= 4 is 17.6 Å². The standard InChI is InChI=1S/C16H20N6O2/c1-20-14(12(9-17-20)16(24)21-6-2-7-21)15(23)18-13-5-8-22(19-13)10-11-3-4-11/h5,8-9,11H,2-4,6-7,10H2,1H3,(H,18,19,23). The Hall–Kier alpha value is -2.64. The number of aryl methyl sites for hydroxylation is 1. The molecule has 126 valence electrons. The third kappa shape index (κ3) is 2.79. The van der Waals surface area contributed by atoms with Crippen LogP contribution < -0.4 is 5.32 Å². The second-order valence-corrected chi connectivity index (χ2v) is 6.50. The Balaban J connectivity index is 1.50. The number of carbonyl (C=O) groups excluding carboxylic acids is 2. The minimum Gasteiger partial charge on any atom is -0.338 e. The van der Waals surface area contributed by atoms with Gasteiger partial charge in [-0.1, -0.05) is 0 Å². The third-order valence-electron chi connectivity index (χ3n) is 4.55. The van der Waals surface area contributed by atoms with Gasteiger partial charge in [0.1, 0.15) is 5.69 Å². The molecule has 0 spiro atoms. The molecule has 4 rings (SSSR count). The van der Waals surface area contributed by atoms with E-state index in [9.17, 15) is 9.59 Å². The van der Waals surface area contributed by atoms with E-state index in [1.165, 1.54) is 23.7 Å². The zero-order valence-electron chi connectivity index (χ0n) is 13.6. The molecule has 2 aromatic rings. The summed E-state index contributed by atoms with van der Waals surface area (Å²) in [5.74, 6) is 0.699. The molecule has 1 N–H and O–H groups in total. The molecule has 3 heterocycles. The van der Waals surface area contributed by atoms with Crippen molar-refractivity contribution in [3.63, 3.8) is 0 Å². The first-order valence-electron chi connectivity index (χ1n) is 8.28. The summed E-state index contributed by atoms with van der Waals surface area (Å²) in [6.07, 6.45) is 6.83. The van der Waals surface area contributed by atoms with Gasteiger partial charge in [0.25, 0.3) is 11.8 Å². The number of hydrogen-bond acceptors (Lipinski definition) is 4. The Bertz CT molecular complexity index is 784. The van der Waals surface area contributed by atoms with E-state index in [-0.39, 0.29) is 17.5 Å². The molecule has 8 nitrogen and oxygen atoms in total. The summed E-state index contributed by atoms with van der Waals surface area (Å²) in [6.45, 7) is 2.36. The van der Waals surface area contributed by atoms with Crippen LogP contribution >= 0.6 is 0 Å². The number of likely N-dealkylation sites (tertiary alicyclic amines) is 1. The molecule has 0 radical (unpaired) electrons. The number of hydrogen-bond donors (Lipinski definition) is 1. The third-order valence-corrected chi connectivity index (χ3v) is 4.55. The molecular formula is C16H20N6O2. The van der Waals surface area contributed by atoms with E-state index < -0.39 is 0 Å². The van der Waals surface area contributed by atoms with Crippen LogP contribution in [0, 0.1) is 5.92 Å². The number of nitrogens with one attached hydrogen (secondary N) is 1. The smallest absolute Gasteiger partial charge is 0.275 e. The Morgan fingerprint density at radius 3 is 2.79 bits per heavy atom. The maximum absolute atomic E-state index is 12.6. The fourth-order valence-electron chi connectivity index (χ4n) is 2.82. The van der Waals surface area contributed by atoms with Gasteiger partial charge in [-0.2, -0.15) is 10.2 Å². The zero-order valence-corrected chi connectivity index (χ0v) is 13.6. The van der Waals surface area contributed by atoms with Gasteiger partial charge < -0.3 is 10.2 Å². The van der Waals surface area contributed by atoms with Crippen LogP contribution in [-0.2, 0) is 13.6 Å². The van der Waals surface area contributed by atoms with Crippen molar-refractivity contribution in [3.05, 3.63) is 29.7 Å². The minimum atomic E-state index is -0.365. The van der Waals surface area contributed by atoms with Gasteiger partial charge in [0.05, 0.1) is 11.8 Å². The fraction of sp³-hybridized carbons (Fsp3) is 0.500. The van der Waals surface area contributed by atoms with E-state index in [4.69, 9.17) is 0 Å². The van der Waals surface area contributed by atoms with Gasteiger partial charge in [0.15, 0.2) is 5.82 Å². The van der Waals surface area contributed by atoms with E-state index in [0.717, 1.165) is 26.1 Å². The average Bonchev–Trinajstić information content (AvgIpc) is 3.04. The molecule has 1 aliphatic carbocycles. The lowest BCUT2D eigenvalue weighted by Gasteiger charge is -2.30. The average molecular weight is 328 g/mol. The van der Waals surface area contributed by atoms with E-state index >= 15 is 0 Å². The second kappa shape index (κ2) is 5.77. The molecule has 0 atom stereocenters. The molecule has 0 unspecified atom stereocenters. The lowest BCUT2D eigenvalue weighted by atomic mass is 10.1. The van der Waals surface area contributed by atoms with E-state index in [2.05, 4.69) is 15.5 Å². The summed E-state index contributed by atoms with van der Waals surface area (Å²) in [5, 5.41) is 11.2. The van der Waals surface area contributed by atoms with Gasteiger partial charge in [0.2, 0.25) is 0 Å². The summed E-state index contributed by atoms with van der Waals surface area (Å²) in [5.41, 5.74) is 0.607. The summed E-state index contributed by atoms with van der Waals surface area (Å²) in [6, 6.07) is 1.77. The van der Waals surface area contributed by atoms with Crippen LogP contribution in [0.2, 0.25) is 0 Å². The number of anilines is 1. The van der Waals surface area contributed by atoms with Gasteiger partial charge in [0, 0.05) is 38.9 Å². The molecule has 2 aliphatic rings. The largest absolute Gasteiger partial charge is 0.338 e. The number of nitrogens with zero attached hydrogens (tertiary/aromatic N) is 5. The monoisotopic (exact) mass is 328 g/mol. The summed E-state index contributed by atoms with van der Waals surface area (Å²) in [4.78, 5) is 26.7. The lowest BCUT2D eigenvalue weighted by Crippen LogP contribution is -2.42. The molecule has 24 heavy (non-hydrogen) atoms. The van der Waals surface area contributed by atoms with Crippen LogP contribution in [0.4, 0.5) is 5.82 Å². The van der Waals surface area contributed by atoms with E-state index in [1.54, 1.807) is 18.0 Å². The quantitative estimate of drug-likeness (QED) is 0.891. The van der Waals surface area contributed by atoms with Crippen molar-refractivity contribution < 1.29 is 9.59 Å². The molecule has 0 bridgehead atoms. The molecule has 2 amide bonds. The second-order valence-electron chi connectivity index (χ2n) is 6.50. The number of carbonyl (C=O) groups is 2. The first-order valence-corrected chi connectivity index (χ1v) is 8.28. The summed E-state index contributed by atoms with van der Waals surface area (Å²) < 4.78 is 3.28. The van der Waals surface area contributed by atoms with Crippen LogP contribution in [0.25, 0.3) is 0 Å². The van der Waals surface area contributed by atoms with Crippen molar-refractivity contribution in [2.24, 2.45) is 13.0 Å². The first kappa shape index (κ1) is 14.9. The Labute approximate surface area is 139 Å². The van der Waals surface area contributed by atoms with Crippen molar-refractivity contribution in [3.8, 4) is 0 Å². The minimum absolute atomic E-state index is 0.140. The van der Waals surface area contributed by atoms with Crippen molar-refractivity contribution in [1.82, 2.24) is 24.5 Å². The van der Waals surface area contributed by atoms with Crippen LogP contribution in [-0.4, -0.2) is 49.4 Å². The predicted molar refractivity (Wildman–Crippen MR) is 86.6 cm³/mol. The van der Waals surface area contributed by atoms with Crippen LogP contribution in [0.15, 0.2) is 18.5 Å². The van der Waals surface area contributed by atoms with Gasteiger partial charge in [-0.15, -0.1) is 0 Å². The maximum atomic E-state index is 12.6. The van der Waals surface area contributed by atoms with Crippen molar-refractivity contribution in [2.75, 3.05) is 18.4 Å². The highest BCUT2D eigenvalue weighted by molar-refractivity contribution is 6.10. The number of amides is 2. The first-order chi connectivity index (χ1) is 11.6. The summed E-state index contributed by atoms with van der Waals surface area (Å²) in [7, 11) is 1.66. The van der Waals surface area contributed by atoms with Gasteiger partial charge >= 0.3 is 0 Å². The molecule has 1 saturated carbocycles. The van der Waals surface area contributed by atoms with Crippen LogP contribution in [0.3, 0.4) is 0 Å². The number of rotatable bonds is 5. The molecule has 2 aromatic heterocycles. The molecule has 1 aliphatic heterocycles. The van der Waals surface area contributed by atoms with Crippen molar-refractivity contribution in [2.45, 2.75) is 25.8 Å². The molecule has 1 saturated heterocycles. The Morgan fingerprint density at radius 2 is 2.12 bits per heavy atom.